The van der Waals surface area contributed by atoms with E-state index in [1.165, 1.54) is 32.1 Å². The molecule has 15 heteroatoms. The van der Waals surface area contributed by atoms with Gasteiger partial charge in [-0.15, -0.1) is 0 Å². The van der Waals surface area contributed by atoms with Crippen LogP contribution in [0.3, 0.4) is 0 Å². The first-order chi connectivity index (χ1) is 32.1. The van der Waals surface area contributed by atoms with Gasteiger partial charge in [-0.05, 0) is 131 Å². The van der Waals surface area contributed by atoms with Crippen LogP contribution in [0.15, 0.2) is 48.5 Å². The van der Waals surface area contributed by atoms with Gasteiger partial charge in [0.15, 0.2) is 0 Å². The van der Waals surface area contributed by atoms with Gasteiger partial charge in [0.05, 0.1) is 11.1 Å². The summed E-state index contributed by atoms with van der Waals surface area (Å²) in [6, 6.07) is 15.9. The van der Waals surface area contributed by atoms with E-state index in [9.17, 15) is 29.4 Å². The van der Waals surface area contributed by atoms with Crippen LogP contribution in [0.5, 0.6) is 0 Å². The van der Waals surface area contributed by atoms with E-state index in [2.05, 4.69) is 30.7 Å². The van der Waals surface area contributed by atoms with Crippen molar-refractivity contribution < 1.29 is 29.4 Å². The van der Waals surface area contributed by atoms with Crippen molar-refractivity contribution in [2.75, 3.05) is 65.8 Å². The molecule has 358 valence electrons. The van der Waals surface area contributed by atoms with Crippen molar-refractivity contribution in [2.24, 2.45) is 11.8 Å². The number of amides is 2. The second-order valence-electron chi connectivity index (χ2n) is 19.2. The van der Waals surface area contributed by atoms with Gasteiger partial charge in [0.25, 0.3) is 11.8 Å². The van der Waals surface area contributed by atoms with Gasteiger partial charge in [0.1, 0.15) is 23.3 Å². The Morgan fingerprint density at radius 1 is 0.561 bits per heavy atom. The summed E-state index contributed by atoms with van der Waals surface area (Å²) >= 11 is 6.00. The van der Waals surface area contributed by atoms with Gasteiger partial charge in [-0.3, -0.25) is 19.2 Å². The maximum absolute atomic E-state index is 13.2. The van der Waals surface area contributed by atoms with Gasteiger partial charge in [-0.1, -0.05) is 62.3 Å². The quantitative estimate of drug-likeness (QED) is 0.0978. The Bertz CT molecular complexity index is 2070. The molecule has 0 radical (unpaired) electrons. The summed E-state index contributed by atoms with van der Waals surface area (Å²) in [5.41, 5.74) is 2.38. The van der Waals surface area contributed by atoms with Crippen LogP contribution in [0.4, 0.5) is 23.3 Å². The van der Waals surface area contributed by atoms with Crippen LogP contribution < -0.4 is 30.7 Å². The number of nitrogens with zero attached hydrogens (tertiary/aromatic N) is 5. The highest BCUT2D eigenvalue weighted by molar-refractivity contribution is 6.30. The van der Waals surface area contributed by atoms with Crippen LogP contribution in [0.1, 0.15) is 148 Å². The first-order valence-electron chi connectivity index (χ1n) is 24.9. The smallest absolute Gasteiger partial charge is 0.303 e. The Morgan fingerprint density at radius 3 is 1.59 bits per heavy atom. The fourth-order valence-corrected chi connectivity index (χ4v) is 10.6. The van der Waals surface area contributed by atoms with E-state index in [0.29, 0.717) is 41.6 Å². The average molecular weight is 928 g/mol. The lowest BCUT2D eigenvalue weighted by molar-refractivity contribution is -0.139. The van der Waals surface area contributed by atoms with E-state index >= 15 is 0 Å². The van der Waals surface area contributed by atoms with Gasteiger partial charge in [0.2, 0.25) is 0 Å². The maximum atomic E-state index is 13.2. The molecular formula is C51H71ClN8O6. The van der Waals surface area contributed by atoms with Crippen molar-refractivity contribution in [3.8, 4) is 0 Å². The van der Waals surface area contributed by atoms with E-state index in [1.54, 1.807) is 0 Å². The second kappa shape index (κ2) is 24.6. The number of halogens is 1. The first kappa shape index (κ1) is 48.8. The minimum absolute atomic E-state index is 0.00563. The molecule has 2 amide bonds. The third-order valence-corrected chi connectivity index (χ3v) is 14.3. The summed E-state index contributed by atoms with van der Waals surface area (Å²) in [5.74, 6) is 1.69. The normalized spacial score (nSPS) is 20.7. The number of rotatable bonds is 15. The highest BCUT2D eigenvalue weighted by Gasteiger charge is 2.28. The van der Waals surface area contributed by atoms with Crippen molar-refractivity contribution in [1.82, 2.24) is 20.6 Å². The maximum Gasteiger partial charge on any atom is 0.303 e. The van der Waals surface area contributed by atoms with Crippen molar-refractivity contribution in [3.05, 3.63) is 70.2 Å². The monoisotopic (exact) mass is 927 g/mol. The summed E-state index contributed by atoms with van der Waals surface area (Å²) in [5, 5.41) is 29.0. The number of carboxylic acids is 2. The number of hydrogen-bond acceptors (Lipinski definition) is 10. The topological polar surface area (TPSA) is 180 Å². The highest BCUT2D eigenvalue weighted by Crippen LogP contribution is 2.31. The number of nitrogens with one attached hydrogen (secondary N) is 3. The Labute approximate surface area is 395 Å². The van der Waals surface area contributed by atoms with E-state index in [-0.39, 0.29) is 48.6 Å². The predicted molar refractivity (Wildman–Crippen MR) is 261 cm³/mol. The van der Waals surface area contributed by atoms with Gasteiger partial charge in [-0.25, -0.2) is 9.97 Å². The van der Waals surface area contributed by atoms with Crippen LogP contribution in [0.25, 0.3) is 0 Å². The lowest BCUT2D eigenvalue weighted by Crippen LogP contribution is -2.39. The summed E-state index contributed by atoms with van der Waals surface area (Å²) in [7, 11) is 0. The van der Waals surface area contributed by atoms with Crippen LogP contribution in [0, 0.1) is 11.8 Å². The molecule has 5 heterocycles. The number of aromatic nitrogens is 2. The number of hydrogen-bond donors (Lipinski definition) is 5. The van der Waals surface area contributed by atoms with Gasteiger partial charge < -0.3 is 40.9 Å². The molecule has 5 fully saturated rings. The summed E-state index contributed by atoms with van der Waals surface area (Å²) in [4.78, 5) is 65.2. The third kappa shape index (κ3) is 14.4. The summed E-state index contributed by atoms with van der Waals surface area (Å²) in [6.45, 7) is 5.59. The molecule has 1 aromatic carbocycles. The third-order valence-electron chi connectivity index (χ3n) is 14.0. The lowest BCUT2D eigenvalue weighted by Gasteiger charge is -2.35. The number of carbonyl (C=O) groups excluding carboxylic acids is 2. The number of benzene rings is 1. The van der Waals surface area contributed by atoms with E-state index in [4.69, 9.17) is 21.6 Å². The Hall–Kier alpha value is -5.11. The zero-order chi connectivity index (χ0) is 46.3. The first-order valence-corrected chi connectivity index (χ1v) is 25.3. The molecule has 5 N–H and O–H groups in total. The SMILES string of the molecule is O=C(O)C[C@@H]1CCCN(c2ccc(C(=O)NC3CCCCC3)c(N3CCCCC3)n2)C1.O=C(O)C[C@@H]1CCCN(c2ccc(C(=O)NC3CCCCC3)c(NCCc3ccc(Cl)cc3)n2)C1. The second-order valence-corrected chi connectivity index (χ2v) is 19.6. The van der Waals surface area contributed by atoms with Crippen LogP contribution in [-0.2, 0) is 16.0 Å². The molecule has 2 saturated carbocycles. The number of anilines is 4. The molecule has 3 saturated heterocycles. The minimum Gasteiger partial charge on any atom is -0.481 e. The molecule has 8 rings (SSSR count). The molecule has 3 aromatic rings. The molecule has 2 aromatic heterocycles. The number of pyridine rings is 2. The van der Waals surface area contributed by atoms with Gasteiger partial charge in [-0.2, -0.15) is 0 Å². The molecule has 0 bridgehead atoms. The fraction of sp³-hybridized carbons (Fsp3) is 0.608. The van der Waals surface area contributed by atoms with Crippen molar-refractivity contribution in [3.63, 3.8) is 0 Å². The zero-order valence-electron chi connectivity index (χ0n) is 38.7. The standard InChI is InChI=1S/C27H35ClN4O3.C24H36N4O3/c28-21-10-8-19(9-11-21)14-15-29-26-23(27(35)30-22-6-2-1-3-7-22)12-13-24(31-26)32-16-4-5-20(18-32)17-25(33)34;29-22(30)16-18-8-7-15-28(17-18)21-12-11-20(23(26-21)27-13-5-2-6-14-27)24(31)25-19-9-3-1-4-10-19/h8-13,20,22H,1-7,14-18H2,(H,29,31)(H,30,35)(H,33,34);11-12,18-19H,1-10,13-17H2,(H,25,31)(H,29,30)/t20-;18-/m00/s1. The molecule has 5 aliphatic rings. The molecule has 2 atom stereocenters. The number of carbonyl (C=O) groups is 4. The highest BCUT2D eigenvalue weighted by atomic mass is 35.5. The largest absolute Gasteiger partial charge is 0.481 e. The van der Waals surface area contributed by atoms with Gasteiger partial charge >= 0.3 is 11.9 Å². The van der Waals surface area contributed by atoms with Crippen molar-refractivity contribution in [1.29, 1.82) is 0 Å². The Morgan fingerprint density at radius 2 is 1.05 bits per heavy atom. The number of aliphatic carboxylic acids is 2. The van der Waals surface area contributed by atoms with E-state index < -0.39 is 11.9 Å². The molecule has 66 heavy (non-hydrogen) atoms. The van der Waals surface area contributed by atoms with Crippen molar-refractivity contribution >= 4 is 58.6 Å². The molecule has 0 spiro atoms. The van der Waals surface area contributed by atoms with E-state index in [0.717, 1.165) is 133 Å². The number of carboxylic acid groups (broad SMARTS) is 2. The fourth-order valence-electron chi connectivity index (χ4n) is 10.5. The molecule has 2 aliphatic carbocycles. The Balaban J connectivity index is 0.000000198. The van der Waals surface area contributed by atoms with Crippen molar-refractivity contribution in [2.45, 2.75) is 141 Å². The molecule has 14 nitrogen and oxygen atoms in total. The molecule has 3 aliphatic heterocycles. The zero-order valence-corrected chi connectivity index (χ0v) is 39.4. The predicted octanol–water partition coefficient (Wildman–Crippen LogP) is 8.97. The summed E-state index contributed by atoms with van der Waals surface area (Å²) in [6.07, 6.45) is 19.8. The molecular weight excluding hydrogens is 856 g/mol. The number of piperidine rings is 3. The van der Waals surface area contributed by atoms with Gasteiger partial charge in [0, 0.05) is 75.8 Å². The Kier molecular flexibility index (Phi) is 18.2. The minimum atomic E-state index is -0.760. The van der Waals surface area contributed by atoms with Crippen LogP contribution in [0.2, 0.25) is 5.02 Å². The average Bonchev–Trinajstić information content (AvgIpc) is 3.33. The van der Waals surface area contributed by atoms with Crippen LogP contribution >= 0.6 is 11.6 Å². The van der Waals surface area contributed by atoms with Crippen LogP contribution in [-0.4, -0.2) is 102 Å². The lowest BCUT2D eigenvalue weighted by atomic mass is 9.94. The van der Waals surface area contributed by atoms with E-state index in [1.807, 2.05) is 48.5 Å². The molecule has 0 unspecified atom stereocenters. The summed E-state index contributed by atoms with van der Waals surface area (Å²) < 4.78 is 0.